The minimum absolute atomic E-state index is 0.00819. The Morgan fingerprint density at radius 2 is 2.12 bits per heavy atom. The summed E-state index contributed by atoms with van der Waals surface area (Å²) < 4.78 is 1.05. The van der Waals surface area contributed by atoms with E-state index in [2.05, 4.69) is 22.6 Å². The molecule has 1 saturated heterocycles. The monoisotopic (exact) mass is 345 g/mol. The third-order valence-electron chi connectivity index (χ3n) is 3.36. The molecule has 0 aromatic heterocycles. The second-order valence-corrected chi connectivity index (χ2v) is 6.18. The molecule has 1 aliphatic heterocycles. The Kier molecular flexibility index (Phi) is 3.45. The van der Waals surface area contributed by atoms with Crippen molar-refractivity contribution >= 4 is 28.5 Å². The Bertz CT molecular complexity index is 439. The maximum atomic E-state index is 12.1. The lowest BCUT2D eigenvalue weighted by molar-refractivity contribution is -0.110. The number of carbonyl (C=O) groups excluding carboxylic acids is 1. The average molecular weight is 345 g/mol. The highest BCUT2D eigenvalue weighted by atomic mass is 127. The minimum atomic E-state index is -0.697. The Labute approximate surface area is 115 Å². The number of benzene rings is 1. The molecule has 1 fully saturated rings. The number of rotatable bonds is 2. The average Bonchev–Trinajstić information content (AvgIpc) is 2.23. The van der Waals surface area contributed by atoms with Crippen LogP contribution in [0.4, 0.5) is 0 Å². The summed E-state index contributed by atoms with van der Waals surface area (Å²) in [6.07, 6.45) is 0. The lowest BCUT2D eigenvalue weighted by atomic mass is 9.82. The van der Waals surface area contributed by atoms with Gasteiger partial charge in [-0.3, -0.25) is 4.79 Å². The van der Waals surface area contributed by atoms with Gasteiger partial charge in [-0.1, -0.05) is 19.9 Å². The number of hydrogen-bond acceptors (Lipinski definition) is 2. The van der Waals surface area contributed by atoms with Crippen molar-refractivity contribution in [3.63, 3.8) is 0 Å². The van der Waals surface area contributed by atoms with Gasteiger partial charge in [0.15, 0.2) is 0 Å². The first-order valence-electron chi connectivity index (χ1n) is 5.69. The highest BCUT2D eigenvalue weighted by molar-refractivity contribution is 14.1. The summed E-state index contributed by atoms with van der Waals surface area (Å²) in [6.45, 7) is 4.84. The minimum Gasteiger partial charge on any atom is -0.386 e. The van der Waals surface area contributed by atoms with Crippen molar-refractivity contribution in [2.45, 2.75) is 19.4 Å². The molecule has 0 bridgehead atoms. The second-order valence-electron chi connectivity index (χ2n) is 4.93. The van der Waals surface area contributed by atoms with Gasteiger partial charge in [-0.05, 0) is 46.7 Å². The fourth-order valence-corrected chi connectivity index (χ4v) is 2.47. The molecule has 0 unspecified atom stereocenters. The molecule has 17 heavy (non-hydrogen) atoms. The molecule has 3 nitrogen and oxygen atoms in total. The van der Waals surface area contributed by atoms with Crippen molar-refractivity contribution in [2.24, 2.45) is 5.92 Å². The predicted molar refractivity (Wildman–Crippen MR) is 74.9 cm³/mol. The van der Waals surface area contributed by atoms with Crippen LogP contribution in [0.5, 0.6) is 0 Å². The number of carbonyl (C=O) groups is 1. The first-order chi connectivity index (χ1) is 7.92. The maximum Gasteiger partial charge on any atom is 0.254 e. The van der Waals surface area contributed by atoms with E-state index < -0.39 is 5.60 Å². The second kappa shape index (κ2) is 4.57. The van der Waals surface area contributed by atoms with Crippen molar-refractivity contribution in [2.75, 3.05) is 13.1 Å². The Morgan fingerprint density at radius 1 is 1.47 bits per heavy atom. The van der Waals surface area contributed by atoms with Gasteiger partial charge in [0.2, 0.25) is 0 Å². The zero-order valence-electron chi connectivity index (χ0n) is 9.98. The molecule has 92 valence electrons. The van der Waals surface area contributed by atoms with E-state index in [0.29, 0.717) is 18.7 Å². The highest BCUT2D eigenvalue weighted by Gasteiger charge is 2.45. The van der Waals surface area contributed by atoms with Crippen LogP contribution in [0, 0.1) is 9.49 Å². The normalized spacial score (nSPS) is 18.1. The molecule has 0 spiro atoms. The molecule has 0 radical (unpaired) electrons. The van der Waals surface area contributed by atoms with Gasteiger partial charge in [-0.15, -0.1) is 0 Å². The van der Waals surface area contributed by atoms with Gasteiger partial charge < -0.3 is 10.0 Å². The quantitative estimate of drug-likeness (QED) is 0.835. The lowest BCUT2D eigenvalue weighted by Gasteiger charge is -2.49. The Morgan fingerprint density at radius 3 is 2.65 bits per heavy atom. The lowest BCUT2D eigenvalue weighted by Crippen LogP contribution is -2.65. The van der Waals surface area contributed by atoms with Crippen LogP contribution >= 0.6 is 22.6 Å². The van der Waals surface area contributed by atoms with Gasteiger partial charge in [-0.25, -0.2) is 0 Å². The van der Waals surface area contributed by atoms with Crippen LogP contribution in [0.1, 0.15) is 24.2 Å². The van der Waals surface area contributed by atoms with Crippen molar-refractivity contribution in [1.29, 1.82) is 0 Å². The smallest absolute Gasteiger partial charge is 0.254 e. The topological polar surface area (TPSA) is 40.5 Å². The van der Waals surface area contributed by atoms with Gasteiger partial charge in [0.1, 0.15) is 5.60 Å². The summed E-state index contributed by atoms with van der Waals surface area (Å²) in [5.41, 5.74) is 0.000120. The molecule has 1 aromatic carbocycles. The van der Waals surface area contributed by atoms with Crippen molar-refractivity contribution in [3.05, 3.63) is 33.4 Å². The van der Waals surface area contributed by atoms with Crippen LogP contribution in [-0.4, -0.2) is 34.6 Å². The van der Waals surface area contributed by atoms with Crippen molar-refractivity contribution in [3.8, 4) is 0 Å². The van der Waals surface area contributed by atoms with Crippen LogP contribution in [0.3, 0.4) is 0 Å². The summed E-state index contributed by atoms with van der Waals surface area (Å²) in [5, 5.41) is 10.1. The summed E-state index contributed by atoms with van der Waals surface area (Å²) in [7, 11) is 0. The van der Waals surface area contributed by atoms with Gasteiger partial charge in [0.25, 0.3) is 5.91 Å². The van der Waals surface area contributed by atoms with Crippen LogP contribution in [0.15, 0.2) is 24.3 Å². The van der Waals surface area contributed by atoms with Crippen molar-refractivity contribution < 1.29 is 9.90 Å². The molecule has 1 amide bonds. The summed E-state index contributed by atoms with van der Waals surface area (Å²) in [5.74, 6) is 0.191. The van der Waals surface area contributed by atoms with Crippen LogP contribution < -0.4 is 0 Å². The summed E-state index contributed by atoms with van der Waals surface area (Å²) >= 11 is 2.19. The van der Waals surface area contributed by atoms with E-state index in [9.17, 15) is 9.90 Å². The molecule has 4 heteroatoms. The largest absolute Gasteiger partial charge is 0.386 e. The van der Waals surface area contributed by atoms with E-state index in [0.717, 1.165) is 3.57 Å². The summed E-state index contributed by atoms with van der Waals surface area (Å²) in [6, 6.07) is 7.52. The molecule has 1 aromatic rings. The van der Waals surface area contributed by atoms with E-state index in [1.165, 1.54) is 0 Å². The number of halogens is 1. The first-order valence-corrected chi connectivity index (χ1v) is 6.77. The maximum absolute atomic E-state index is 12.1. The zero-order chi connectivity index (χ0) is 12.6. The fourth-order valence-electron chi connectivity index (χ4n) is 1.93. The predicted octanol–water partition coefficient (Wildman–Crippen LogP) is 2.13. The van der Waals surface area contributed by atoms with Gasteiger partial charge in [0, 0.05) is 9.13 Å². The molecule has 0 saturated carbocycles. The van der Waals surface area contributed by atoms with E-state index in [1.807, 2.05) is 38.1 Å². The number of amides is 1. The standard InChI is InChI=1S/C13H16INO2/c1-9(2)13(17)7-15(8-13)12(16)10-4-3-5-11(14)6-10/h3-6,9,17H,7-8H2,1-2H3. The van der Waals surface area contributed by atoms with Gasteiger partial charge in [-0.2, -0.15) is 0 Å². The molecule has 1 heterocycles. The summed E-state index contributed by atoms with van der Waals surface area (Å²) in [4.78, 5) is 13.8. The van der Waals surface area contributed by atoms with Crippen molar-refractivity contribution in [1.82, 2.24) is 4.90 Å². The third kappa shape index (κ3) is 2.47. The first kappa shape index (κ1) is 12.8. The van der Waals surface area contributed by atoms with E-state index in [1.54, 1.807) is 4.90 Å². The number of β-amino-alcohol motifs (C(OH)–C–C–N with tert-alkyl or cyclic N) is 1. The number of hydrogen-bond donors (Lipinski definition) is 1. The van der Waals surface area contributed by atoms with Crippen LogP contribution in [0.25, 0.3) is 0 Å². The number of likely N-dealkylation sites (tertiary alicyclic amines) is 1. The fraction of sp³-hybridized carbons (Fsp3) is 0.462. The molecule has 1 aliphatic rings. The van der Waals surface area contributed by atoms with E-state index in [-0.39, 0.29) is 11.8 Å². The molecular formula is C13H16INO2. The SMILES string of the molecule is CC(C)C1(O)CN(C(=O)c2cccc(I)c2)C1. The molecular weight excluding hydrogens is 329 g/mol. The molecule has 2 rings (SSSR count). The van der Waals surface area contributed by atoms with Gasteiger partial charge in [0.05, 0.1) is 13.1 Å². The third-order valence-corrected chi connectivity index (χ3v) is 4.03. The number of aliphatic hydroxyl groups is 1. The molecule has 0 aliphatic carbocycles. The van der Waals surface area contributed by atoms with E-state index in [4.69, 9.17) is 0 Å². The van der Waals surface area contributed by atoms with Crippen LogP contribution in [-0.2, 0) is 0 Å². The molecule has 0 atom stereocenters. The van der Waals surface area contributed by atoms with Gasteiger partial charge >= 0.3 is 0 Å². The highest BCUT2D eigenvalue weighted by Crippen LogP contribution is 2.29. The Hall–Kier alpha value is -0.620. The van der Waals surface area contributed by atoms with Crippen LogP contribution in [0.2, 0.25) is 0 Å². The number of nitrogens with zero attached hydrogens (tertiary/aromatic N) is 1. The Balaban J connectivity index is 2.05. The van der Waals surface area contributed by atoms with E-state index >= 15 is 0 Å². The molecule has 1 N–H and O–H groups in total. The zero-order valence-corrected chi connectivity index (χ0v) is 12.1.